The summed E-state index contributed by atoms with van der Waals surface area (Å²) in [6, 6.07) is 19.8. The van der Waals surface area contributed by atoms with E-state index in [0.717, 1.165) is 11.5 Å². The highest BCUT2D eigenvalue weighted by Crippen LogP contribution is 2.44. The van der Waals surface area contributed by atoms with Crippen molar-refractivity contribution in [3.63, 3.8) is 0 Å². The Bertz CT molecular complexity index is 2180. The molecule has 0 fully saturated rings. The normalized spacial score (nSPS) is 12.1. The number of aromatic nitrogens is 3. The summed E-state index contributed by atoms with van der Waals surface area (Å²) < 4.78 is 7.19. The number of para-hydroxylation sites is 1. The fourth-order valence-corrected chi connectivity index (χ4v) is 9.12. The van der Waals surface area contributed by atoms with E-state index in [9.17, 15) is 0 Å². The first-order valence-corrected chi connectivity index (χ1v) is 15.2. The van der Waals surface area contributed by atoms with Crippen molar-refractivity contribution in [2.24, 2.45) is 7.05 Å². The maximum absolute atomic E-state index is 5.30. The second-order valence-corrected chi connectivity index (χ2v) is 12.9. The Hall–Kier alpha value is -3.71. The zero-order valence-electron chi connectivity index (χ0n) is 21.1. The lowest BCUT2D eigenvalue weighted by Gasteiger charge is -2.11. The van der Waals surface area contributed by atoms with E-state index in [4.69, 9.17) is 4.98 Å². The lowest BCUT2D eigenvalue weighted by atomic mass is 10.0. The molecule has 2 aromatic carbocycles. The summed E-state index contributed by atoms with van der Waals surface area (Å²) in [5.74, 6) is 0.958. The van der Waals surface area contributed by atoms with Gasteiger partial charge in [-0.3, -0.25) is 4.57 Å². The van der Waals surface area contributed by atoms with Crippen molar-refractivity contribution >= 4 is 75.3 Å². The second-order valence-electron chi connectivity index (χ2n) is 9.95. The van der Waals surface area contributed by atoms with Gasteiger partial charge in [0, 0.05) is 67.8 Å². The lowest BCUT2D eigenvalue weighted by Crippen LogP contribution is -1.99. The predicted molar refractivity (Wildman–Crippen MR) is 167 cm³/mol. The number of thiophene rings is 3. The Labute approximate surface area is 231 Å². The molecule has 0 atom stereocenters. The number of hydrogen-bond donors (Lipinski definition) is 0. The summed E-state index contributed by atoms with van der Waals surface area (Å²) in [6.07, 6.45) is 4.33. The van der Waals surface area contributed by atoms with Crippen LogP contribution in [0, 0.1) is 13.8 Å². The summed E-state index contributed by atoms with van der Waals surface area (Å²) in [4.78, 5) is 5.30. The van der Waals surface area contributed by atoms with Crippen LogP contribution in [-0.4, -0.2) is 14.1 Å². The van der Waals surface area contributed by atoms with Crippen LogP contribution >= 0.6 is 34.0 Å². The second kappa shape index (κ2) is 8.14. The molecular formula is C32H23N3S3. The molecule has 0 bridgehead atoms. The molecule has 0 aliphatic heterocycles. The summed E-state index contributed by atoms with van der Waals surface area (Å²) in [6.45, 7) is 4.48. The molecule has 0 unspecified atom stereocenters. The van der Waals surface area contributed by atoms with Gasteiger partial charge in [-0.15, -0.1) is 34.0 Å². The maximum Gasteiger partial charge on any atom is 0.138 e. The van der Waals surface area contributed by atoms with Crippen molar-refractivity contribution in [2.75, 3.05) is 0 Å². The molecule has 0 spiro atoms. The van der Waals surface area contributed by atoms with Gasteiger partial charge in [-0.25, -0.2) is 4.98 Å². The van der Waals surface area contributed by atoms with Gasteiger partial charge < -0.3 is 4.57 Å². The van der Waals surface area contributed by atoms with Crippen LogP contribution in [0.2, 0.25) is 0 Å². The van der Waals surface area contributed by atoms with Crippen molar-refractivity contribution in [1.29, 1.82) is 0 Å². The monoisotopic (exact) mass is 545 g/mol. The molecule has 6 aromatic heterocycles. The van der Waals surface area contributed by atoms with Crippen molar-refractivity contribution < 1.29 is 0 Å². The van der Waals surface area contributed by atoms with E-state index < -0.39 is 0 Å². The highest BCUT2D eigenvalue weighted by molar-refractivity contribution is 7.37. The number of pyridine rings is 1. The molecule has 0 aliphatic rings. The van der Waals surface area contributed by atoms with E-state index in [0.29, 0.717) is 0 Å². The van der Waals surface area contributed by atoms with Crippen molar-refractivity contribution in [1.82, 2.24) is 14.1 Å². The van der Waals surface area contributed by atoms with Gasteiger partial charge in [-0.2, -0.15) is 0 Å². The summed E-state index contributed by atoms with van der Waals surface area (Å²) >= 11 is 5.47. The third-order valence-electron chi connectivity index (χ3n) is 7.62. The van der Waals surface area contributed by atoms with Crippen LogP contribution in [0.3, 0.4) is 0 Å². The third-order valence-corrected chi connectivity index (χ3v) is 10.8. The van der Waals surface area contributed by atoms with Gasteiger partial charge in [-0.05, 0) is 66.1 Å². The zero-order chi connectivity index (χ0) is 25.5. The highest BCUT2D eigenvalue weighted by Gasteiger charge is 2.21. The number of nitrogens with zero attached hydrogens (tertiary/aromatic N) is 3. The fourth-order valence-electron chi connectivity index (χ4n) is 5.90. The molecule has 8 rings (SSSR count). The van der Waals surface area contributed by atoms with Gasteiger partial charge in [0.25, 0.3) is 0 Å². The van der Waals surface area contributed by atoms with Crippen LogP contribution in [0.5, 0.6) is 0 Å². The van der Waals surface area contributed by atoms with Crippen molar-refractivity contribution in [2.45, 2.75) is 13.8 Å². The number of rotatable bonds is 3. The fraction of sp³-hybridized carbons (Fsp3) is 0.0938. The predicted octanol–water partition coefficient (Wildman–Crippen LogP) is 9.96. The molecule has 38 heavy (non-hydrogen) atoms. The first-order valence-electron chi connectivity index (χ1n) is 12.6. The summed E-state index contributed by atoms with van der Waals surface area (Å²) in [5.41, 5.74) is 9.88. The van der Waals surface area contributed by atoms with Gasteiger partial charge in [0.15, 0.2) is 0 Å². The molecule has 184 valence electrons. The standard InChI is InChI=1S/C32H23N3S3/c1-18-15-37-32-29(18)24(17-38-32)25-8-6-10-28(33-25)35-26-9-5-4-7-21(26)22-13-27-30(19(2)31(22)35)23(16-36-27)20-11-12-34(3)14-20/h4-17H,1-3H3. The molecule has 0 radical (unpaired) electrons. The summed E-state index contributed by atoms with van der Waals surface area (Å²) in [7, 11) is 2.08. The van der Waals surface area contributed by atoms with Gasteiger partial charge in [-0.1, -0.05) is 24.3 Å². The molecule has 0 N–H and O–H groups in total. The highest BCUT2D eigenvalue weighted by atomic mass is 32.2. The molecular weight excluding hydrogens is 523 g/mol. The molecule has 8 aromatic rings. The van der Waals surface area contributed by atoms with Crippen LogP contribution in [0.25, 0.3) is 69.5 Å². The molecule has 0 aliphatic carbocycles. The van der Waals surface area contributed by atoms with Crippen LogP contribution in [0.15, 0.2) is 83.1 Å². The molecule has 0 saturated carbocycles. The largest absolute Gasteiger partial charge is 0.357 e. The van der Waals surface area contributed by atoms with Crippen LogP contribution in [0.4, 0.5) is 0 Å². The van der Waals surface area contributed by atoms with Crippen molar-refractivity contribution in [3.8, 4) is 28.2 Å². The minimum atomic E-state index is 0.958. The lowest BCUT2D eigenvalue weighted by molar-refractivity contribution is 0.929. The van der Waals surface area contributed by atoms with E-state index in [2.05, 4.69) is 113 Å². The smallest absolute Gasteiger partial charge is 0.138 e. The van der Waals surface area contributed by atoms with E-state index >= 15 is 0 Å². The van der Waals surface area contributed by atoms with E-state index in [1.54, 1.807) is 0 Å². The average molecular weight is 546 g/mol. The molecule has 0 amide bonds. The van der Waals surface area contributed by atoms with Crippen LogP contribution in [0.1, 0.15) is 11.1 Å². The van der Waals surface area contributed by atoms with Crippen LogP contribution < -0.4 is 0 Å². The molecule has 6 heterocycles. The Morgan fingerprint density at radius 1 is 0.789 bits per heavy atom. The van der Waals surface area contributed by atoms with Crippen molar-refractivity contribution in [3.05, 3.63) is 94.3 Å². The topological polar surface area (TPSA) is 22.8 Å². The molecule has 6 heteroatoms. The quantitative estimate of drug-likeness (QED) is 0.217. The average Bonchev–Trinajstić information content (AvgIpc) is 3.74. The third kappa shape index (κ3) is 3.08. The Morgan fingerprint density at radius 2 is 1.63 bits per heavy atom. The number of hydrogen-bond acceptors (Lipinski definition) is 4. The van der Waals surface area contributed by atoms with Gasteiger partial charge in [0.1, 0.15) is 5.82 Å². The SMILES string of the molecule is Cc1csc2scc(-c3cccc(-n4c5ccccc5c5cc6scc(-c7ccn(C)c7)c6c(C)c54)n3)c12. The minimum Gasteiger partial charge on any atom is -0.357 e. The van der Waals surface area contributed by atoms with Gasteiger partial charge in [0.2, 0.25) is 0 Å². The van der Waals surface area contributed by atoms with E-state index in [1.807, 2.05) is 34.0 Å². The van der Waals surface area contributed by atoms with Gasteiger partial charge in [0.05, 0.1) is 20.7 Å². The number of aryl methyl sites for hydroxylation is 3. The number of fused-ring (bicyclic) bond motifs is 5. The van der Waals surface area contributed by atoms with E-state index in [1.165, 1.54) is 69.1 Å². The first kappa shape index (κ1) is 22.3. The Morgan fingerprint density at radius 3 is 2.50 bits per heavy atom. The zero-order valence-corrected chi connectivity index (χ0v) is 23.6. The van der Waals surface area contributed by atoms with Gasteiger partial charge >= 0.3 is 0 Å². The minimum absolute atomic E-state index is 0.958. The van der Waals surface area contributed by atoms with E-state index in [-0.39, 0.29) is 0 Å². The Balaban J connectivity index is 1.44. The molecule has 3 nitrogen and oxygen atoms in total. The summed E-state index contributed by atoms with van der Waals surface area (Å²) in [5, 5.41) is 12.0. The van der Waals surface area contributed by atoms with Crippen LogP contribution in [-0.2, 0) is 7.05 Å². The maximum atomic E-state index is 5.30. The Kier molecular flexibility index (Phi) is 4.78. The number of benzene rings is 2. The molecule has 0 saturated heterocycles. The first-order chi connectivity index (χ1) is 18.6.